The second-order valence-electron chi connectivity index (χ2n) is 5.32. The molecule has 0 atom stereocenters. The van der Waals surface area contributed by atoms with E-state index in [1.165, 1.54) is 11.1 Å². The van der Waals surface area contributed by atoms with Gasteiger partial charge in [-0.2, -0.15) is 0 Å². The van der Waals surface area contributed by atoms with Crippen LogP contribution in [0, 0.1) is 0 Å². The molecule has 0 amide bonds. The van der Waals surface area contributed by atoms with Crippen molar-refractivity contribution >= 4 is 0 Å². The van der Waals surface area contributed by atoms with Crippen LogP contribution in [0.4, 0.5) is 0 Å². The van der Waals surface area contributed by atoms with Gasteiger partial charge >= 0.3 is 0 Å². The molecule has 0 saturated heterocycles. The molecule has 0 fully saturated rings. The molecule has 0 spiro atoms. The quantitative estimate of drug-likeness (QED) is 0.424. The summed E-state index contributed by atoms with van der Waals surface area (Å²) in [5.41, 5.74) is 2.66. The number of aryl methyl sites for hydroxylation is 2. The van der Waals surface area contributed by atoms with E-state index in [0.29, 0.717) is 0 Å². The standard InChI is InChI=1S/C16H20N4.2ClH/c1-17-6-8-19(13-17)11-15-4-3-5-16(10-15)12-20-9-7-18(2)14-20;;/h3-10,13-14H,11-12H2,1-2H3;2*1H/q+2;;/p-2. The van der Waals surface area contributed by atoms with Crippen LogP contribution in [-0.2, 0) is 27.2 Å². The van der Waals surface area contributed by atoms with Crippen molar-refractivity contribution in [1.29, 1.82) is 0 Å². The molecule has 3 aromatic rings. The molecule has 6 heteroatoms. The third-order valence-corrected chi connectivity index (χ3v) is 3.37. The maximum absolute atomic E-state index is 2.28. The summed E-state index contributed by atoms with van der Waals surface area (Å²) in [5, 5.41) is 0. The van der Waals surface area contributed by atoms with E-state index in [9.17, 15) is 0 Å². The normalized spacial score (nSPS) is 9.91. The van der Waals surface area contributed by atoms with E-state index in [2.05, 4.69) is 80.0 Å². The van der Waals surface area contributed by atoms with E-state index in [1.807, 2.05) is 14.1 Å². The Bertz CT molecular complexity index is 661. The third kappa shape index (κ3) is 4.61. The van der Waals surface area contributed by atoms with Crippen LogP contribution >= 0.6 is 0 Å². The number of rotatable bonds is 4. The molecule has 2 aromatic heterocycles. The average molecular weight is 339 g/mol. The molecule has 0 radical (unpaired) electrons. The van der Waals surface area contributed by atoms with E-state index < -0.39 is 0 Å². The molecule has 0 bridgehead atoms. The smallest absolute Gasteiger partial charge is 0.243 e. The molecular weight excluding hydrogens is 319 g/mol. The molecule has 0 aliphatic rings. The van der Waals surface area contributed by atoms with E-state index in [0.717, 1.165) is 13.1 Å². The van der Waals surface area contributed by atoms with Crippen molar-refractivity contribution in [2.75, 3.05) is 0 Å². The minimum absolute atomic E-state index is 0. The minimum atomic E-state index is 0. The maximum Gasteiger partial charge on any atom is 0.243 e. The Morgan fingerprint density at radius 2 is 1.27 bits per heavy atom. The van der Waals surface area contributed by atoms with Crippen molar-refractivity contribution in [3.05, 3.63) is 72.8 Å². The molecule has 0 N–H and O–H groups in total. The lowest BCUT2D eigenvalue weighted by molar-refractivity contribution is -0.671. The van der Waals surface area contributed by atoms with Gasteiger partial charge in [0.1, 0.15) is 37.9 Å². The van der Waals surface area contributed by atoms with Crippen molar-refractivity contribution in [3.63, 3.8) is 0 Å². The molecule has 118 valence electrons. The predicted octanol–water partition coefficient (Wildman–Crippen LogP) is -4.96. The number of nitrogens with zero attached hydrogens (tertiary/aromatic N) is 4. The molecule has 2 heterocycles. The zero-order valence-corrected chi connectivity index (χ0v) is 14.2. The van der Waals surface area contributed by atoms with E-state index in [1.54, 1.807) is 0 Å². The van der Waals surface area contributed by atoms with Gasteiger partial charge in [0.05, 0.1) is 14.1 Å². The number of aromatic nitrogens is 4. The molecule has 0 aliphatic heterocycles. The topological polar surface area (TPSA) is 17.6 Å². The zero-order chi connectivity index (χ0) is 13.9. The molecule has 0 unspecified atom stereocenters. The van der Waals surface area contributed by atoms with Gasteiger partial charge in [0.2, 0.25) is 12.7 Å². The molecule has 0 saturated carbocycles. The predicted molar refractivity (Wildman–Crippen MR) is 75.9 cm³/mol. The highest BCUT2D eigenvalue weighted by molar-refractivity contribution is 5.24. The second kappa shape index (κ2) is 8.01. The monoisotopic (exact) mass is 338 g/mol. The van der Waals surface area contributed by atoms with Crippen LogP contribution in [-0.4, -0.2) is 9.13 Å². The van der Waals surface area contributed by atoms with Gasteiger partial charge in [-0.1, -0.05) is 18.2 Å². The lowest BCUT2D eigenvalue weighted by Gasteiger charge is -2.02. The molecule has 3 rings (SSSR count). The Balaban J connectivity index is 0.00000121. The van der Waals surface area contributed by atoms with Crippen LogP contribution in [0.5, 0.6) is 0 Å². The number of benzene rings is 1. The summed E-state index contributed by atoms with van der Waals surface area (Å²) in [7, 11) is 4.08. The molecular formula is C16H20Cl2N4. The van der Waals surface area contributed by atoms with E-state index >= 15 is 0 Å². The highest BCUT2D eigenvalue weighted by Gasteiger charge is 2.05. The Kier molecular flexibility index (Phi) is 6.65. The van der Waals surface area contributed by atoms with Crippen molar-refractivity contribution in [2.45, 2.75) is 13.1 Å². The molecule has 0 aliphatic carbocycles. The molecule has 4 nitrogen and oxygen atoms in total. The summed E-state index contributed by atoms with van der Waals surface area (Å²) in [6, 6.07) is 8.77. The van der Waals surface area contributed by atoms with Gasteiger partial charge in [-0.25, -0.2) is 18.3 Å². The van der Waals surface area contributed by atoms with Crippen LogP contribution < -0.4 is 33.9 Å². The molecule has 22 heavy (non-hydrogen) atoms. The van der Waals surface area contributed by atoms with E-state index in [4.69, 9.17) is 0 Å². The number of imidazole rings is 2. The maximum atomic E-state index is 2.28. The lowest BCUT2D eigenvalue weighted by Crippen LogP contribution is -3.00. The van der Waals surface area contributed by atoms with Gasteiger partial charge in [0, 0.05) is 0 Å². The summed E-state index contributed by atoms with van der Waals surface area (Å²) < 4.78 is 8.50. The first kappa shape index (κ1) is 18.3. The first-order valence-electron chi connectivity index (χ1n) is 6.79. The van der Waals surface area contributed by atoms with Gasteiger partial charge in [-0.3, -0.25) is 0 Å². The fourth-order valence-corrected chi connectivity index (χ4v) is 2.44. The summed E-state index contributed by atoms with van der Waals surface area (Å²) in [5.74, 6) is 0. The summed E-state index contributed by atoms with van der Waals surface area (Å²) in [6.07, 6.45) is 12.5. The number of halogens is 2. The summed E-state index contributed by atoms with van der Waals surface area (Å²) >= 11 is 0. The summed E-state index contributed by atoms with van der Waals surface area (Å²) in [4.78, 5) is 0. The third-order valence-electron chi connectivity index (χ3n) is 3.37. The lowest BCUT2D eigenvalue weighted by atomic mass is 10.1. The Morgan fingerprint density at radius 3 is 1.64 bits per heavy atom. The van der Waals surface area contributed by atoms with Gasteiger partial charge in [-0.05, 0) is 17.2 Å². The van der Waals surface area contributed by atoms with Gasteiger partial charge in [-0.15, -0.1) is 0 Å². The van der Waals surface area contributed by atoms with Crippen LogP contribution in [0.25, 0.3) is 0 Å². The van der Waals surface area contributed by atoms with Gasteiger partial charge < -0.3 is 24.8 Å². The van der Waals surface area contributed by atoms with Crippen LogP contribution in [0.2, 0.25) is 0 Å². The number of hydrogen-bond acceptors (Lipinski definition) is 0. The van der Waals surface area contributed by atoms with E-state index in [-0.39, 0.29) is 24.8 Å². The van der Waals surface area contributed by atoms with Crippen LogP contribution in [0.3, 0.4) is 0 Å². The zero-order valence-electron chi connectivity index (χ0n) is 12.7. The van der Waals surface area contributed by atoms with Crippen LogP contribution in [0.15, 0.2) is 61.7 Å². The fourth-order valence-electron chi connectivity index (χ4n) is 2.44. The highest BCUT2D eigenvalue weighted by Crippen LogP contribution is 2.08. The Morgan fingerprint density at radius 1 is 0.818 bits per heavy atom. The van der Waals surface area contributed by atoms with Crippen LogP contribution in [0.1, 0.15) is 11.1 Å². The van der Waals surface area contributed by atoms with Crippen molar-refractivity contribution < 1.29 is 33.9 Å². The first-order chi connectivity index (χ1) is 9.69. The minimum Gasteiger partial charge on any atom is -1.00 e. The largest absolute Gasteiger partial charge is 1.00 e. The van der Waals surface area contributed by atoms with Gasteiger partial charge in [0.25, 0.3) is 0 Å². The highest BCUT2D eigenvalue weighted by atomic mass is 35.5. The molecule has 1 aromatic carbocycles. The summed E-state index contributed by atoms with van der Waals surface area (Å²) in [6.45, 7) is 1.82. The Labute approximate surface area is 143 Å². The first-order valence-corrected chi connectivity index (χ1v) is 6.79. The Hall–Kier alpha value is -1.78. The SMILES string of the molecule is C[n+]1ccn(Cc2cccc(Cn3cc[n+](C)c3)c2)c1.[Cl-].[Cl-]. The second-order valence-corrected chi connectivity index (χ2v) is 5.32. The van der Waals surface area contributed by atoms with Crippen molar-refractivity contribution in [1.82, 2.24) is 9.13 Å². The van der Waals surface area contributed by atoms with Gasteiger partial charge in [0.15, 0.2) is 0 Å². The number of hydrogen-bond donors (Lipinski definition) is 0. The van der Waals surface area contributed by atoms with Crippen molar-refractivity contribution in [3.8, 4) is 0 Å². The van der Waals surface area contributed by atoms with Crippen molar-refractivity contribution in [2.24, 2.45) is 14.1 Å². The average Bonchev–Trinajstić information content (AvgIpc) is 2.99. The fraction of sp³-hybridized carbons (Fsp3) is 0.250.